The zero-order valence-electron chi connectivity index (χ0n) is 23.9. The van der Waals surface area contributed by atoms with E-state index in [1.807, 2.05) is 113 Å². The summed E-state index contributed by atoms with van der Waals surface area (Å²) in [5.41, 5.74) is 9.10. The number of nitrogens with zero attached hydrogens (tertiary/aromatic N) is 2. The molecule has 42 heavy (non-hydrogen) atoms. The fourth-order valence-electron chi connectivity index (χ4n) is 5.21. The van der Waals surface area contributed by atoms with Crippen molar-refractivity contribution in [1.29, 1.82) is 0 Å². The van der Waals surface area contributed by atoms with Gasteiger partial charge in [0.15, 0.2) is 0 Å². The molecule has 4 aromatic carbocycles. The average molecular weight is 551 g/mol. The normalized spacial score (nSPS) is 11.0. The summed E-state index contributed by atoms with van der Waals surface area (Å²) in [7, 11) is 0. The maximum absolute atomic E-state index is 14.1. The quantitative estimate of drug-likeness (QED) is 0.227. The number of para-hydroxylation sites is 2. The van der Waals surface area contributed by atoms with Crippen LogP contribution in [0.3, 0.4) is 0 Å². The largest absolute Gasteiger partial charge is 0.322 e. The number of amides is 2. The van der Waals surface area contributed by atoms with Crippen molar-refractivity contribution in [2.24, 2.45) is 0 Å². The van der Waals surface area contributed by atoms with E-state index in [9.17, 15) is 9.59 Å². The summed E-state index contributed by atoms with van der Waals surface area (Å²) in [6.07, 6.45) is 3.33. The molecule has 0 aliphatic rings. The molecule has 2 aromatic heterocycles. The Morgan fingerprint density at radius 2 is 0.929 bits per heavy atom. The summed E-state index contributed by atoms with van der Waals surface area (Å²) >= 11 is 0. The fourth-order valence-corrected chi connectivity index (χ4v) is 5.21. The van der Waals surface area contributed by atoms with Crippen LogP contribution in [0.2, 0.25) is 0 Å². The molecule has 0 saturated carbocycles. The van der Waals surface area contributed by atoms with Gasteiger partial charge in [-0.1, -0.05) is 48.5 Å². The van der Waals surface area contributed by atoms with Crippen molar-refractivity contribution in [1.82, 2.24) is 9.97 Å². The van der Waals surface area contributed by atoms with Gasteiger partial charge in [0.05, 0.1) is 22.2 Å². The Kier molecular flexibility index (Phi) is 6.97. The lowest BCUT2D eigenvalue weighted by molar-refractivity contribution is 0.101. The molecule has 0 radical (unpaired) electrons. The van der Waals surface area contributed by atoms with Crippen molar-refractivity contribution in [2.75, 3.05) is 10.6 Å². The highest BCUT2D eigenvalue weighted by Gasteiger charge is 2.24. The van der Waals surface area contributed by atoms with Crippen LogP contribution in [0, 0.1) is 27.7 Å². The van der Waals surface area contributed by atoms with E-state index < -0.39 is 0 Å². The summed E-state index contributed by atoms with van der Waals surface area (Å²) in [4.78, 5) is 37.5. The van der Waals surface area contributed by atoms with Gasteiger partial charge in [0.1, 0.15) is 0 Å². The van der Waals surface area contributed by atoms with E-state index in [0.29, 0.717) is 55.4 Å². The maximum atomic E-state index is 14.1. The third-order valence-corrected chi connectivity index (χ3v) is 7.82. The molecule has 0 aliphatic heterocycles. The molecule has 0 atom stereocenters. The molecular formula is C36H30N4O2. The van der Waals surface area contributed by atoms with Crippen molar-refractivity contribution in [2.45, 2.75) is 27.7 Å². The van der Waals surface area contributed by atoms with Gasteiger partial charge in [-0.05, 0) is 86.3 Å². The molecule has 206 valence electrons. The molecule has 2 N–H and O–H groups in total. The van der Waals surface area contributed by atoms with Gasteiger partial charge in [-0.3, -0.25) is 19.6 Å². The standard InChI is InChI=1S/C36H30N4O2/c1-21-13-15-25(17-23(21)3)39-35(41)33-27-9-5-7-11-31(27)37-19-29(33)30-20-38-32-12-8-6-10-28(32)34(30)36(42)40-26-16-14-22(2)24(4)18-26/h5-20H,1-4H3,(H,39,41)(H,40,42). The number of hydrogen-bond donors (Lipinski definition) is 2. The zero-order valence-corrected chi connectivity index (χ0v) is 23.9. The highest BCUT2D eigenvalue weighted by molar-refractivity contribution is 6.21. The molecule has 6 nitrogen and oxygen atoms in total. The summed E-state index contributed by atoms with van der Waals surface area (Å²) in [5.74, 6) is -0.582. The maximum Gasteiger partial charge on any atom is 0.257 e. The van der Waals surface area contributed by atoms with Crippen molar-refractivity contribution >= 4 is 45.0 Å². The molecule has 2 amide bonds. The highest BCUT2D eigenvalue weighted by atomic mass is 16.2. The van der Waals surface area contributed by atoms with Crippen LogP contribution in [0.25, 0.3) is 32.9 Å². The number of anilines is 2. The number of hydrogen-bond acceptors (Lipinski definition) is 4. The highest BCUT2D eigenvalue weighted by Crippen LogP contribution is 2.35. The van der Waals surface area contributed by atoms with Crippen molar-refractivity contribution in [3.05, 3.63) is 131 Å². The fraction of sp³-hybridized carbons (Fsp3) is 0.111. The van der Waals surface area contributed by atoms with Crippen LogP contribution in [0.4, 0.5) is 11.4 Å². The summed E-state index contributed by atoms with van der Waals surface area (Å²) in [6, 6.07) is 26.7. The van der Waals surface area contributed by atoms with E-state index in [1.54, 1.807) is 12.4 Å². The van der Waals surface area contributed by atoms with Gasteiger partial charge < -0.3 is 10.6 Å². The van der Waals surface area contributed by atoms with Gasteiger partial charge in [-0.2, -0.15) is 0 Å². The van der Waals surface area contributed by atoms with Crippen LogP contribution in [0.5, 0.6) is 0 Å². The third kappa shape index (κ3) is 4.99. The first-order valence-corrected chi connectivity index (χ1v) is 13.8. The van der Waals surface area contributed by atoms with Gasteiger partial charge in [-0.25, -0.2) is 0 Å². The topological polar surface area (TPSA) is 84.0 Å². The van der Waals surface area contributed by atoms with Gasteiger partial charge in [0, 0.05) is 45.7 Å². The Labute approximate surface area is 244 Å². The second kappa shape index (κ2) is 10.9. The molecule has 6 aromatic rings. The Morgan fingerprint density at radius 3 is 1.33 bits per heavy atom. The predicted octanol–water partition coefficient (Wildman–Crippen LogP) is 8.19. The van der Waals surface area contributed by atoms with Gasteiger partial charge in [-0.15, -0.1) is 0 Å². The first-order valence-electron chi connectivity index (χ1n) is 13.8. The van der Waals surface area contributed by atoms with E-state index in [-0.39, 0.29) is 11.8 Å². The number of fused-ring (bicyclic) bond motifs is 2. The molecule has 0 fully saturated rings. The van der Waals surface area contributed by atoms with E-state index in [0.717, 1.165) is 22.3 Å². The molecular weight excluding hydrogens is 520 g/mol. The molecule has 0 bridgehead atoms. The Hall–Kier alpha value is -5.36. The Bertz CT molecular complexity index is 1880. The number of rotatable bonds is 5. The van der Waals surface area contributed by atoms with Crippen LogP contribution in [-0.4, -0.2) is 21.8 Å². The van der Waals surface area contributed by atoms with Crippen LogP contribution in [0.15, 0.2) is 97.3 Å². The number of pyridine rings is 2. The second-order valence-corrected chi connectivity index (χ2v) is 10.6. The zero-order chi connectivity index (χ0) is 29.4. The van der Waals surface area contributed by atoms with Crippen LogP contribution < -0.4 is 10.6 Å². The van der Waals surface area contributed by atoms with Crippen molar-refractivity contribution in [3.63, 3.8) is 0 Å². The van der Waals surface area contributed by atoms with E-state index in [4.69, 9.17) is 0 Å². The Morgan fingerprint density at radius 1 is 0.524 bits per heavy atom. The molecule has 6 rings (SSSR count). The molecule has 2 heterocycles. The van der Waals surface area contributed by atoms with E-state index in [2.05, 4.69) is 20.6 Å². The number of nitrogens with one attached hydrogen (secondary N) is 2. The number of carbonyl (C=O) groups excluding carboxylic acids is 2. The number of carbonyl (C=O) groups is 2. The number of aromatic nitrogens is 2. The Balaban J connectivity index is 1.54. The molecule has 6 heteroatoms. The summed E-state index contributed by atoms with van der Waals surface area (Å²) in [6.45, 7) is 8.10. The SMILES string of the molecule is Cc1ccc(NC(=O)c2c(-c3cnc4ccccc4c3C(=O)Nc3ccc(C)c(C)c3)cnc3ccccc23)cc1C. The van der Waals surface area contributed by atoms with Crippen LogP contribution >= 0.6 is 0 Å². The second-order valence-electron chi connectivity index (χ2n) is 10.6. The summed E-state index contributed by atoms with van der Waals surface area (Å²) in [5, 5.41) is 7.53. The minimum Gasteiger partial charge on any atom is -0.322 e. The van der Waals surface area contributed by atoms with Crippen LogP contribution in [-0.2, 0) is 0 Å². The minimum absolute atomic E-state index is 0.291. The van der Waals surface area contributed by atoms with Gasteiger partial charge in [0.2, 0.25) is 0 Å². The number of benzene rings is 4. The molecule has 0 saturated heterocycles. The first-order chi connectivity index (χ1) is 20.3. The van der Waals surface area contributed by atoms with E-state index in [1.165, 1.54) is 0 Å². The molecule has 0 aliphatic carbocycles. The van der Waals surface area contributed by atoms with Gasteiger partial charge >= 0.3 is 0 Å². The summed E-state index contributed by atoms with van der Waals surface area (Å²) < 4.78 is 0. The smallest absolute Gasteiger partial charge is 0.257 e. The van der Waals surface area contributed by atoms with Crippen LogP contribution in [0.1, 0.15) is 43.0 Å². The monoisotopic (exact) mass is 550 g/mol. The predicted molar refractivity (Wildman–Crippen MR) is 170 cm³/mol. The molecule has 0 spiro atoms. The first kappa shape index (κ1) is 26.8. The van der Waals surface area contributed by atoms with Gasteiger partial charge in [0.25, 0.3) is 11.8 Å². The lowest BCUT2D eigenvalue weighted by Crippen LogP contribution is -2.17. The lowest BCUT2D eigenvalue weighted by atomic mass is 9.92. The number of aryl methyl sites for hydroxylation is 4. The molecule has 0 unspecified atom stereocenters. The van der Waals surface area contributed by atoms with E-state index >= 15 is 0 Å². The average Bonchev–Trinajstić information content (AvgIpc) is 2.99. The minimum atomic E-state index is -0.291. The lowest BCUT2D eigenvalue weighted by Gasteiger charge is -2.17. The van der Waals surface area contributed by atoms with Crippen molar-refractivity contribution in [3.8, 4) is 11.1 Å². The third-order valence-electron chi connectivity index (χ3n) is 7.82. The van der Waals surface area contributed by atoms with Crippen molar-refractivity contribution < 1.29 is 9.59 Å².